The SMILES string of the molecule is O=C(Nc1cc(C(F)(F)F)ccc1Cl)c1nn2c(c1Cl)NC(c1cccs1)CC2C(F)(F)F. The summed E-state index contributed by atoms with van der Waals surface area (Å²) in [5.41, 5.74) is -2.06. The zero-order chi connectivity index (χ0) is 24.1. The van der Waals surface area contributed by atoms with E-state index in [0.717, 1.165) is 12.1 Å². The lowest BCUT2D eigenvalue weighted by molar-refractivity contribution is -0.173. The van der Waals surface area contributed by atoms with E-state index in [1.165, 1.54) is 11.3 Å². The summed E-state index contributed by atoms with van der Waals surface area (Å²) in [5, 5.41) is 9.86. The van der Waals surface area contributed by atoms with E-state index in [-0.39, 0.29) is 10.8 Å². The summed E-state index contributed by atoms with van der Waals surface area (Å²) in [7, 11) is 0. The van der Waals surface area contributed by atoms with Crippen LogP contribution in [0.15, 0.2) is 35.7 Å². The van der Waals surface area contributed by atoms with Crippen LogP contribution in [0.5, 0.6) is 0 Å². The van der Waals surface area contributed by atoms with Crippen molar-refractivity contribution in [2.24, 2.45) is 0 Å². The highest BCUT2D eigenvalue weighted by Crippen LogP contribution is 2.47. The van der Waals surface area contributed by atoms with Crippen LogP contribution in [0, 0.1) is 0 Å². The van der Waals surface area contributed by atoms with Crippen molar-refractivity contribution in [2.45, 2.75) is 30.9 Å². The largest absolute Gasteiger partial charge is 0.416 e. The topological polar surface area (TPSA) is 59.0 Å². The normalized spacial score (nSPS) is 18.5. The van der Waals surface area contributed by atoms with Gasteiger partial charge in [0.2, 0.25) is 0 Å². The van der Waals surface area contributed by atoms with E-state index in [0.29, 0.717) is 15.6 Å². The minimum atomic E-state index is -4.70. The molecule has 0 radical (unpaired) electrons. The van der Waals surface area contributed by atoms with Crippen molar-refractivity contribution >= 4 is 52.0 Å². The van der Waals surface area contributed by atoms with Gasteiger partial charge in [-0.3, -0.25) is 4.79 Å². The van der Waals surface area contributed by atoms with Crippen molar-refractivity contribution in [1.82, 2.24) is 9.78 Å². The number of nitrogens with one attached hydrogen (secondary N) is 2. The number of hydrogen-bond donors (Lipinski definition) is 2. The van der Waals surface area contributed by atoms with E-state index in [1.54, 1.807) is 17.5 Å². The smallest absolute Gasteiger partial charge is 0.361 e. The maximum absolute atomic E-state index is 13.8. The maximum atomic E-state index is 13.8. The highest BCUT2D eigenvalue weighted by Gasteiger charge is 2.48. The number of anilines is 2. The van der Waals surface area contributed by atoms with Crippen LogP contribution < -0.4 is 10.6 Å². The first kappa shape index (κ1) is 23.7. The van der Waals surface area contributed by atoms with Gasteiger partial charge in [0, 0.05) is 11.3 Å². The van der Waals surface area contributed by atoms with Crippen LogP contribution in [0.2, 0.25) is 10.0 Å². The highest BCUT2D eigenvalue weighted by atomic mass is 35.5. The second-order valence-electron chi connectivity index (χ2n) is 7.11. The van der Waals surface area contributed by atoms with E-state index in [1.807, 2.05) is 0 Å². The van der Waals surface area contributed by atoms with Crippen molar-refractivity contribution < 1.29 is 31.1 Å². The first-order chi connectivity index (χ1) is 15.4. The van der Waals surface area contributed by atoms with E-state index < -0.39 is 58.7 Å². The molecular weight excluding hydrogens is 517 g/mol. The first-order valence-corrected chi connectivity index (χ1v) is 10.8. The van der Waals surface area contributed by atoms with Gasteiger partial charge in [-0.25, -0.2) is 4.68 Å². The number of carbonyl (C=O) groups excluding carboxylic acids is 1. The number of nitrogens with zero attached hydrogens (tertiary/aromatic N) is 2. The number of thiophene rings is 1. The number of alkyl halides is 6. The van der Waals surface area contributed by atoms with Crippen molar-refractivity contribution in [1.29, 1.82) is 0 Å². The molecule has 176 valence electrons. The number of carbonyl (C=O) groups is 1. The van der Waals surface area contributed by atoms with Crippen molar-refractivity contribution in [3.8, 4) is 0 Å². The third kappa shape index (κ3) is 4.64. The maximum Gasteiger partial charge on any atom is 0.416 e. The molecule has 4 rings (SSSR count). The van der Waals surface area contributed by atoms with Gasteiger partial charge < -0.3 is 10.6 Å². The number of fused-ring (bicyclic) bond motifs is 1. The van der Waals surface area contributed by atoms with Gasteiger partial charge in [-0.05, 0) is 29.6 Å². The fourth-order valence-electron chi connectivity index (χ4n) is 3.39. The Balaban J connectivity index is 1.69. The Morgan fingerprint density at radius 1 is 1.18 bits per heavy atom. The third-order valence-electron chi connectivity index (χ3n) is 4.94. The fourth-order valence-corrected chi connectivity index (χ4v) is 4.61. The molecule has 0 spiro atoms. The van der Waals surface area contributed by atoms with Crippen LogP contribution in [0.4, 0.5) is 37.8 Å². The van der Waals surface area contributed by atoms with Crippen LogP contribution >= 0.6 is 34.5 Å². The van der Waals surface area contributed by atoms with Gasteiger partial charge in [0.05, 0.1) is 22.3 Å². The summed E-state index contributed by atoms with van der Waals surface area (Å²) < 4.78 is 80.9. The molecule has 1 amide bonds. The summed E-state index contributed by atoms with van der Waals surface area (Å²) in [4.78, 5) is 13.3. The second-order valence-corrected chi connectivity index (χ2v) is 8.87. The van der Waals surface area contributed by atoms with Gasteiger partial charge in [0.25, 0.3) is 5.91 Å². The fraction of sp³-hybridized carbons (Fsp3) is 0.263. The Labute approximate surface area is 196 Å². The quantitative estimate of drug-likeness (QED) is 0.354. The molecule has 2 N–H and O–H groups in total. The Morgan fingerprint density at radius 3 is 2.52 bits per heavy atom. The zero-order valence-corrected chi connectivity index (χ0v) is 18.4. The standard InChI is InChI=1S/C19H12Cl2F6N4OS/c20-9-4-3-8(18(22,23)24)6-10(9)29-17(32)15-14(21)16-28-11(12-2-1-5-33-12)7-13(19(25,26)27)31(16)30-15/h1-6,11,13,28H,7H2,(H,29,32). The summed E-state index contributed by atoms with van der Waals surface area (Å²) in [6.45, 7) is 0. The Kier molecular flexibility index (Phi) is 6.04. The highest BCUT2D eigenvalue weighted by molar-refractivity contribution is 7.10. The van der Waals surface area contributed by atoms with Gasteiger partial charge in [-0.15, -0.1) is 11.3 Å². The molecule has 1 aliphatic heterocycles. The van der Waals surface area contributed by atoms with Crippen molar-refractivity contribution in [3.63, 3.8) is 0 Å². The predicted molar refractivity (Wildman–Crippen MR) is 112 cm³/mol. The van der Waals surface area contributed by atoms with Gasteiger partial charge in [0.15, 0.2) is 11.7 Å². The van der Waals surface area contributed by atoms with Crippen molar-refractivity contribution in [2.75, 3.05) is 10.6 Å². The molecule has 3 heterocycles. The molecule has 1 aliphatic rings. The number of amides is 1. The van der Waals surface area contributed by atoms with Crippen LogP contribution in [-0.4, -0.2) is 21.9 Å². The zero-order valence-electron chi connectivity index (χ0n) is 16.1. The van der Waals surface area contributed by atoms with E-state index >= 15 is 0 Å². The molecule has 2 unspecified atom stereocenters. The molecule has 33 heavy (non-hydrogen) atoms. The Bertz CT molecular complexity index is 1190. The predicted octanol–water partition coefficient (Wildman–Crippen LogP) is 7.18. The Hall–Kier alpha value is -2.44. The average molecular weight is 529 g/mol. The van der Waals surface area contributed by atoms with Gasteiger partial charge in [-0.2, -0.15) is 31.4 Å². The summed E-state index contributed by atoms with van der Waals surface area (Å²) in [6, 6.07) is 2.82. The second kappa shape index (κ2) is 8.41. The first-order valence-electron chi connectivity index (χ1n) is 9.19. The van der Waals surface area contributed by atoms with Crippen LogP contribution in [0.25, 0.3) is 0 Å². The lowest BCUT2D eigenvalue weighted by atomic mass is 10.0. The minimum Gasteiger partial charge on any atom is -0.361 e. The summed E-state index contributed by atoms with van der Waals surface area (Å²) in [6.07, 6.45) is -9.79. The number of hydrogen-bond acceptors (Lipinski definition) is 4. The molecule has 0 fully saturated rings. The number of halogens is 8. The van der Waals surface area contributed by atoms with E-state index in [9.17, 15) is 31.1 Å². The molecule has 1 aromatic carbocycles. The number of benzene rings is 1. The molecular formula is C19H12Cl2F6N4OS. The average Bonchev–Trinajstić information content (AvgIpc) is 3.36. The third-order valence-corrected chi connectivity index (χ3v) is 6.61. The lowest BCUT2D eigenvalue weighted by Gasteiger charge is -2.32. The van der Waals surface area contributed by atoms with Gasteiger partial charge in [-0.1, -0.05) is 29.3 Å². The van der Waals surface area contributed by atoms with Gasteiger partial charge in [0.1, 0.15) is 10.8 Å². The molecule has 0 saturated carbocycles. The lowest BCUT2D eigenvalue weighted by Crippen LogP contribution is -2.35. The van der Waals surface area contributed by atoms with Gasteiger partial charge >= 0.3 is 12.4 Å². The molecule has 2 atom stereocenters. The number of aromatic nitrogens is 2. The van der Waals surface area contributed by atoms with Crippen LogP contribution in [0.3, 0.4) is 0 Å². The van der Waals surface area contributed by atoms with E-state index in [2.05, 4.69) is 15.7 Å². The van der Waals surface area contributed by atoms with E-state index in [4.69, 9.17) is 23.2 Å². The molecule has 14 heteroatoms. The number of rotatable bonds is 3. The minimum absolute atomic E-state index is 0.208. The summed E-state index contributed by atoms with van der Waals surface area (Å²) >= 11 is 13.3. The van der Waals surface area contributed by atoms with Crippen LogP contribution in [0.1, 0.15) is 39.4 Å². The molecule has 0 bridgehead atoms. The summed E-state index contributed by atoms with van der Waals surface area (Å²) in [5.74, 6) is -1.33. The molecule has 0 aliphatic carbocycles. The van der Waals surface area contributed by atoms with Crippen LogP contribution in [-0.2, 0) is 6.18 Å². The Morgan fingerprint density at radius 2 is 1.91 bits per heavy atom. The molecule has 2 aromatic heterocycles. The monoisotopic (exact) mass is 528 g/mol. The molecule has 0 saturated heterocycles. The molecule has 5 nitrogen and oxygen atoms in total. The van der Waals surface area contributed by atoms with Crippen molar-refractivity contribution in [3.05, 3.63) is 61.9 Å². The molecule has 3 aromatic rings.